The van der Waals surface area contributed by atoms with Crippen molar-refractivity contribution in [1.82, 2.24) is 10.2 Å². The zero-order valence-corrected chi connectivity index (χ0v) is 9.72. The lowest BCUT2D eigenvalue weighted by molar-refractivity contribution is 0.0776. The number of rotatable bonds is 3. The minimum atomic E-state index is 0.142. The molecule has 1 amide bonds. The van der Waals surface area contributed by atoms with E-state index in [-0.39, 0.29) is 5.91 Å². The molecule has 1 aliphatic rings. The van der Waals surface area contributed by atoms with Crippen LogP contribution in [0.4, 0.5) is 0 Å². The van der Waals surface area contributed by atoms with Crippen molar-refractivity contribution in [2.75, 3.05) is 26.7 Å². The van der Waals surface area contributed by atoms with Crippen LogP contribution in [0.5, 0.6) is 0 Å². The topological polar surface area (TPSA) is 32.3 Å². The maximum absolute atomic E-state index is 11.9. The summed E-state index contributed by atoms with van der Waals surface area (Å²) in [5, 5.41) is 7.17. The zero-order chi connectivity index (χ0) is 10.7. The van der Waals surface area contributed by atoms with E-state index in [2.05, 4.69) is 5.32 Å². The minimum absolute atomic E-state index is 0.142. The first kappa shape index (κ1) is 10.6. The smallest absolute Gasteiger partial charge is 0.254 e. The lowest BCUT2D eigenvalue weighted by Crippen LogP contribution is -2.32. The van der Waals surface area contributed by atoms with Gasteiger partial charge in [-0.1, -0.05) is 0 Å². The largest absolute Gasteiger partial charge is 0.341 e. The Balaban J connectivity index is 1.90. The molecule has 0 radical (unpaired) electrons. The van der Waals surface area contributed by atoms with E-state index in [9.17, 15) is 4.79 Å². The first-order valence-electron chi connectivity index (χ1n) is 5.26. The number of nitrogens with one attached hydrogen (secondary N) is 1. The van der Waals surface area contributed by atoms with Gasteiger partial charge in [0, 0.05) is 19.0 Å². The Bertz CT molecular complexity index is 317. The number of carbonyl (C=O) groups is 1. The summed E-state index contributed by atoms with van der Waals surface area (Å²) >= 11 is 1.57. The summed E-state index contributed by atoms with van der Waals surface area (Å²) < 4.78 is 0. The number of thiophene rings is 1. The highest BCUT2D eigenvalue weighted by molar-refractivity contribution is 7.08. The Labute approximate surface area is 94.1 Å². The van der Waals surface area contributed by atoms with Gasteiger partial charge in [0.2, 0.25) is 0 Å². The number of carbonyl (C=O) groups excluding carboxylic acids is 1. The predicted molar refractivity (Wildman–Crippen MR) is 62.3 cm³/mol. The third-order valence-electron chi connectivity index (χ3n) is 2.81. The third kappa shape index (κ3) is 2.58. The van der Waals surface area contributed by atoms with Crippen molar-refractivity contribution in [3.8, 4) is 0 Å². The molecule has 1 aromatic heterocycles. The molecule has 0 saturated carbocycles. The van der Waals surface area contributed by atoms with Crippen LogP contribution in [-0.4, -0.2) is 37.5 Å². The fraction of sp³-hybridized carbons (Fsp3) is 0.545. The molecule has 3 nitrogen and oxygen atoms in total. The summed E-state index contributed by atoms with van der Waals surface area (Å²) in [4.78, 5) is 13.7. The maximum atomic E-state index is 11.9. The fourth-order valence-corrected chi connectivity index (χ4v) is 2.58. The molecule has 1 aliphatic heterocycles. The van der Waals surface area contributed by atoms with E-state index in [0.29, 0.717) is 5.92 Å². The van der Waals surface area contributed by atoms with Gasteiger partial charge in [-0.25, -0.2) is 0 Å². The van der Waals surface area contributed by atoms with Crippen LogP contribution in [0, 0.1) is 5.92 Å². The molecule has 2 rings (SSSR count). The second-order valence-electron chi connectivity index (χ2n) is 4.06. The van der Waals surface area contributed by atoms with Gasteiger partial charge in [0.1, 0.15) is 0 Å². The van der Waals surface area contributed by atoms with Crippen molar-refractivity contribution >= 4 is 17.2 Å². The quantitative estimate of drug-likeness (QED) is 0.842. The molecule has 0 aromatic carbocycles. The lowest BCUT2D eigenvalue weighted by Gasteiger charge is -2.20. The third-order valence-corrected chi connectivity index (χ3v) is 3.49. The van der Waals surface area contributed by atoms with E-state index >= 15 is 0 Å². The summed E-state index contributed by atoms with van der Waals surface area (Å²) in [6.45, 7) is 2.99. The van der Waals surface area contributed by atoms with Gasteiger partial charge in [0.25, 0.3) is 5.91 Å². The molecule has 82 valence electrons. The summed E-state index contributed by atoms with van der Waals surface area (Å²) in [6, 6.07) is 1.89. The summed E-state index contributed by atoms with van der Waals surface area (Å²) in [6.07, 6.45) is 1.18. The van der Waals surface area contributed by atoms with Crippen LogP contribution in [0.15, 0.2) is 16.8 Å². The molecule has 0 unspecified atom stereocenters. The average molecular weight is 224 g/mol. The molecule has 1 aromatic rings. The van der Waals surface area contributed by atoms with Crippen molar-refractivity contribution in [1.29, 1.82) is 0 Å². The van der Waals surface area contributed by atoms with E-state index in [0.717, 1.165) is 25.2 Å². The van der Waals surface area contributed by atoms with E-state index in [4.69, 9.17) is 0 Å². The standard InChI is InChI=1S/C11H16N2OS/c1-13(7-9-2-4-12-6-9)11(14)10-3-5-15-8-10/h3,5,8-9,12H,2,4,6-7H2,1H3/t9-/m0/s1. The van der Waals surface area contributed by atoms with E-state index in [1.807, 2.05) is 28.8 Å². The Hall–Kier alpha value is -0.870. The maximum Gasteiger partial charge on any atom is 0.254 e. The van der Waals surface area contributed by atoms with Crippen LogP contribution in [0.3, 0.4) is 0 Å². The predicted octanol–water partition coefficient (Wildman–Crippen LogP) is 1.43. The van der Waals surface area contributed by atoms with Crippen molar-refractivity contribution < 1.29 is 4.79 Å². The summed E-state index contributed by atoms with van der Waals surface area (Å²) in [5.41, 5.74) is 0.813. The van der Waals surface area contributed by atoms with Crippen molar-refractivity contribution in [2.24, 2.45) is 5.92 Å². The van der Waals surface area contributed by atoms with Crippen LogP contribution in [0.2, 0.25) is 0 Å². The molecule has 15 heavy (non-hydrogen) atoms. The second-order valence-corrected chi connectivity index (χ2v) is 4.84. The van der Waals surface area contributed by atoms with Gasteiger partial charge in [-0.15, -0.1) is 0 Å². The highest BCUT2D eigenvalue weighted by atomic mass is 32.1. The van der Waals surface area contributed by atoms with E-state index in [1.54, 1.807) is 11.3 Å². The minimum Gasteiger partial charge on any atom is -0.341 e. The number of amides is 1. The number of nitrogens with zero attached hydrogens (tertiary/aromatic N) is 1. The monoisotopic (exact) mass is 224 g/mol. The Morgan fingerprint density at radius 2 is 2.60 bits per heavy atom. The van der Waals surface area contributed by atoms with Crippen molar-refractivity contribution in [3.63, 3.8) is 0 Å². The molecule has 4 heteroatoms. The van der Waals surface area contributed by atoms with Crippen LogP contribution < -0.4 is 5.32 Å². The molecule has 0 bridgehead atoms. The first-order valence-corrected chi connectivity index (χ1v) is 6.20. The van der Waals surface area contributed by atoms with E-state index < -0.39 is 0 Å². The number of hydrogen-bond donors (Lipinski definition) is 1. The SMILES string of the molecule is CN(C[C@H]1CCNC1)C(=O)c1ccsc1. The van der Waals surface area contributed by atoms with Gasteiger partial charge in [0.05, 0.1) is 5.56 Å². The second kappa shape index (κ2) is 4.77. The number of hydrogen-bond acceptors (Lipinski definition) is 3. The first-order chi connectivity index (χ1) is 7.27. The Kier molecular flexibility index (Phi) is 3.38. The Morgan fingerprint density at radius 3 is 3.20 bits per heavy atom. The molecule has 1 N–H and O–H groups in total. The van der Waals surface area contributed by atoms with Crippen LogP contribution >= 0.6 is 11.3 Å². The van der Waals surface area contributed by atoms with Gasteiger partial charge in [-0.05, 0) is 36.9 Å². The van der Waals surface area contributed by atoms with Gasteiger partial charge in [-0.3, -0.25) is 4.79 Å². The molecule has 1 atom stereocenters. The van der Waals surface area contributed by atoms with Gasteiger partial charge in [-0.2, -0.15) is 11.3 Å². The average Bonchev–Trinajstić information content (AvgIpc) is 2.88. The zero-order valence-electron chi connectivity index (χ0n) is 8.90. The molecular weight excluding hydrogens is 208 g/mol. The normalized spacial score (nSPS) is 20.5. The van der Waals surface area contributed by atoms with Crippen LogP contribution in [-0.2, 0) is 0 Å². The lowest BCUT2D eigenvalue weighted by atomic mass is 10.1. The van der Waals surface area contributed by atoms with E-state index in [1.165, 1.54) is 6.42 Å². The molecule has 1 fully saturated rings. The van der Waals surface area contributed by atoms with Gasteiger partial charge < -0.3 is 10.2 Å². The summed E-state index contributed by atoms with van der Waals surface area (Å²) in [7, 11) is 1.89. The molecule has 0 spiro atoms. The fourth-order valence-electron chi connectivity index (χ4n) is 1.95. The Morgan fingerprint density at radius 1 is 1.73 bits per heavy atom. The van der Waals surface area contributed by atoms with Gasteiger partial charge in [0.15, 0.2) is 0 Å². The van der Waals surface area contributed by atoms with Crippen LogP contribution in [0.25, 0.3) is 0 Å². The van der Waals surface area contributed by atoms with Crippen molar-refractivity contribution in [3.05, 3.63) is 22.4 Å². The van der Waals surface area contributed by atoms with Crippen LogP contribution in [0.1, 0.15) is 16.8 Å². The highest BCUT2D eigenvalue weighted by Gasteiger charge is 2.19. The summed E-state index contributed by atoms with van der Waals surface area (Å²) in [5.74, 6) is 0.765. The van der Waals surface area contributed by atoms with Gasteiger partial charge >= 0.3 is 0 Å². The molecule has 1 saturated heterocycles. The molecule has 0 aliphatic carbocycles. The molecule has 2 heterocycles. The molecular formula is C11H16N2OS. The van der Waals surface area contributed by atoms with Crippen molar-refractivity contribution in [2.45, 2.75) is 6.42 Å². The highest BCUT2D eigenvalue weighted by Crippen LogP contribution is 2.13.